The van der Waals surface area contributed by atoms with E-state index in [4.69, 9.17) is 21.5 Å². The molecule has 3 atom stereocenters. The Labute approximate surface area is 140 Å². The Kier molecular flexibility index (Phi) is 6.02. The van der Waals surface area contributed by atoms with Crippen molar-refractivity contribution in [2.45, 2.75) is 37.5 Å². The summed E-state index contributed by atoms with van der Waals surface area (Å²) >= 11 is 0. The SMILES string of the molecule is CN1O[C@@H](CC(=O)CC(N)C(=O)O)C[C@H]1c1ccc(C=NN)cc1. The molecule has 0 aromatic heterocycles. The van der Waals surface area contributed by atoms with Crippen LogP contribution in [-0.4, -0.2) is 47.3 Å². The number of hydrogen-bond donors (Lipinski definition) is 3. The van der Waals surface area contributed by atoms with Gasteiger partial charge in [0.25, 0.3) is 0 Å². The fourth-order valence-corrected chi connectivity index (χ4v) is 2.78. The van der Waals surface area contributed by atoms with Crippen molar-refractivity contribution in [2.75, 3.05) is 7.05 Å². The van der Waals surface area contributed by atoms with Gasteiger partial charge in [-0.05, 0) is 17.5 Å². The van der Waals surface area contributed by atoms with E-state index in [-0.39, 0.29) is 30.8 Å². The molecule has 1 heterocycles. The maximum absolute atomic E-state index is 11.9. The van der Waals surface area contributed by atoms with E-state index in [0.717, 1.165) is 11.1 Å². The van der Waals surface area contributed by atoms with E-state index in [1.165, 1.54) is 0 Å². The van der Waals surface area contributed by atoms with Gasteiger partial charge in [0.2, 0.25) is 0 Å². The molecule has 1 aromatic carbocycles. The van der Waals surface area contributed by atoms with Crippen LogP contribution < -0.4 is 11.6 Å². The minimum atomic E-state index is -1.17. The summed E-state index contributed by atoms with van der Waals surface area (Å²) in [5.41, 5.74) is 7.34. The lowest BCUT2D eigenvalue weighted by Gasteiger charge is -2.17. The van der Waals surface area contributed by atoms with E-state index in [9.17, 15) is 9.59 Å². The van der Waals surface area contributed by atoms with Gasteiger partial charge < -0.3 is 16.7 Å². The molecule has 5 N–H and O–H groups in total. The summed E-state index contributed by atoms with van der Waals surface area (Å²) < 4.78 is 0. The number of aliphatic carboxylic acids is 1. The summed E-state index contributed by atoms with van der Waals surface area (Å²) in [6.45, 7) is 0. The molecule has 130 valence electrons. The molecule has 0 radical (unpaired) electrons. The molecule has 1 unspecified atom stereocenters. The maximum atomic E-state index is 11.9. The highest BCUT2D eigenvalue weighted by Gasteiger charge is 2.33. The minimum absolute atomic E-state index is 0.0276. The lowest BCUT2D eigenvalue weighted by atomic mass is 9.97. The van der Waals surface area contributed by atoms with E-state index in [1.807, 2.05) is 31.3 Å². The Balaban J connectivity index is 1.94. The zero-order valence-corrected chi connectivity index (χ0v) is 13.5. The number of hydrogen-bond acceptors (Lipinski definition) is 7. The smallest absolute Gasteiger partial charge is 0.320 e. The number of Topliss-reactive ketones (excluding diaryl/α,β-unsaturated/α-hetero) is 1. The average molecular weight is 334 g/mol. The molecular weight excluding hydrogens is 312 g/mol. The molecule has 1 aliphatic rings. The number of benzene rings is 1. The van der Waals surface area contributed by atoms with Crippen LogP contribution in [0.15, 0.2) is 29.4 Å². The highest BCUT2D eigenvalue weighted by Crippen LogP contribution is 2.34. The van der Waals surface area contributed by atoms with Gasteiger partial charge in [0.05, 0.1) is 18.4 Å². The normalized spacial score (nSPS) is 22.8. The summed E-state index contributed by atoms with van der Waals surface area (Å²) in [5.74, 6) is 3.74. The van der Waals surface area contributed by atoms with Gasteiger partial charge in [0.1, 0.15) is 11.8 Å². The molecule has 2 rings (SSSR count). The second-order valence-corrected chi connectivity index (χ2v) is 5.86. The number of ketones is 1. The van der Waals surface area contributed by atoms with Crippen molar-refractivity contribution in [3.63, 3.8) is 0 Å². The van der Waals surface area contributed by atoms with E-state index in [2.05, 4.69) is 5.10 Å². The second kappa shape index (κ2) is 8.00. The maximum Gasteiger partial charge on any atom is 0.320 e. The number of carbonyl (C=O) groups excluding carboxylic acids is 1. The lowest BCUT2D eigenvalue weighted by Crippen LogP contribution is -2.33. The molecule has 1 aliphatic heterocycles. The van der Waals surface area contributed by atoms with Crippen molar-refractivity contribution in [3.05, 3.63) is 35.4 Å². The lowest BCUT2D eigenvalue weighted by molar-refractivity contribution is -0.152. The van der Waals surface area contributed by atoms with Gasteiger partial charge in [0.15, 0.2) is 0 Å². The van der Waals surface area contributed by atoms with Gasteiger partial charge in [-0.25, -0.2) is 0 Å². The Hall–Kier alpha value is -2.29. The summed E-state index contributed by atoms with van der Waals surface area (Å²) in [6, 6.07) is 6.61. The molecule has 1 saturated heterocycles. The second-order valence-electron chi connectivity index (χ2n) is 5.86. The molecule has 0 spiro atoms. The highest BCUT2D eigenvalue weighted by atomic mass is 16.7. The van der Waals surface area contributed by atoms with Crippen LogP contribution in [0.4, 0.5) is 0 Å². The average Bonchev–Trinajstić information content (AvgIpc) is 2.88. The van der Waals surface area contributed by atoms with Gasteiger partial charge >= 0.3 is 5.97 Å². The van der Waals surface area contributed by atoms with Gasteiger partial charge in [0, 0.05) is 19.9 Å². The summed E-state index contributed by atoms with van der Waals surface area (Å²) in [5, 5.41) is 14.0. The van der Waals surface area contributed by atoms with Crippen molar-refractivity contribution in [2.24, 2.45) is 16.7 Å². The number of hydroxylamine groups is 2. The van der Waals surface area contributed by atoms with Gasteiger partial charge in [-0.15, -0.1) is 0 Å². The quantitative estimate of drug-likeness (QED) is 0.374. The largest absolute Gasteiger partial charge is 0.480 e. The first kappa shape index (κ1) is 18.1. The minimum Gasteiger partial charge on any atom is -0.480 e. The standard InChI is InChI=1S/C16H22N4O4/c1-20-15(11-4-2-10(3-5-11)9-19-18)8-13(24-20)6-12(21)7-14(17)16(22)23/h2-5,9,13-15H,6-8,17-18H2,1H3,(H,22,23)/t13-,14?,15-/m0/s1. The topological polar surface area (TPSA) is 131 Å². The van der Waals surface area contributed by atoms with Crippen LogP contribution in [-0.2, 0) is 14.4 Å². The first-order valence-electron chi connectivity index (χ1n) is 7.63. The third-order valence-electron chi connectivity index (χ3n) is 4.01. The fourth-order valence-electron chi connectivity index (χ4n) is 2.78. The molecule has 1 fully saturated rings. The number of nitrogens with zero attached hydrogens (tertiary/aromatic N) is 2. The number of nitrogens with two attached hydrogens (primary N) is 2. The fraction of sp³-hybridized carbons (Fsp3) is 0.438. The summed E-state index contributed by atoms with van der Waals surface area (Å²) in [7, 11) is 1.81. The molecule has 0 aliphatic carbocycles. The van der Waals surface area contributed by atoms with E-state index < -0.39 is 12.0 Å². The molecular formula is C16H22N4O4. The molecule has 8 nitrogen and oxygen atoms in total. The highest BCUT2D eigenvalue weighted by molar-refractivity contribution is 5.85. The molecule has 0 amide bonds. The third-order valence-corrected chi connectivity index (χ3v) is 4.01. The Morgan fingerprint density at radius 3 is 2.71 bits per heavy atom. The zero-order valence-electron chi connectivity index (χ0n) is 13.5. The predicted octanol–water partition coefficient (Wildman–Crippen LogP) is 0.417. The predicted molar refractivity (Wildman–Crippen MR) is 88.1 cm³/mol. The van der Waals surface area contributed by atoms with Crippen molar-refractivity contribution in [1.29, 1.82) is 0 Å². The van der Waals surface area contributed by atoms with Crippen LogP contribution in [0.25, 0.3) is 0 Å². The summed E-state index contributed by atoms with van der Waals surface area (Å²) in [6.07, 6.45) is 1.90. The number of carbonyl (C=O) groups is 2. The number of rotatable bonds is 7. The van der Waals surface area contributed by atoms with Crippen LogP contribution in [0.1, 0.15) is 36.4 Å². The molecule has 0 bridgehead atoms. The van der Waals surface area contributed by atoms with Gasteiger partial charge in [-0.2, -0.15) is 10.2 Å². The van der Waals surface area contributed by atoms with E-state index >= 15 is 0 Å². The van der Waals surface area contributed by atoms with Crippen molar-refractivity contribution in [1.82, 2.24) is 5.06 Å². The molecule has 8 heteroatoms. The molecule has 0 saturated carbocycles. The molecule has 1 aromatic rings. The van der Waals surface area contributed by atoms with Crippen molar-refractivity contribution < 1.29 is 19.5 Å². The Morgan fingerprint density at radius 1 is 1.46 bits per heavy atom. The first-order chi connectivity index (χ1) is 11.4. The van der Waals surface area contributed by atoms with Gasteiger partial charge in [-0.3, -0.25) is 14.4 Å². The number of carboxylic acid groups (broad SMARTS) is 1. The number of carboxylic acids is 1. The van der Waals surface area contributed by atoms with Crippen LogP contribution in [0, 0.1) is 0 Å². The van der Waals surface area contributed by atoms with Crippen molar-refractivity contribution >= 4 is 18.0 Å². The monoisotopic (exact) mass is 334 g/mol. The Bertz CT molecular complexity index is 617. The van der Waals surface area contributed by atoms with Crippen LogP contribution in [0.2, 0.25) is 0 Å². The van der Waals surface area contributed by atoms with Crippen molar-refractivity contribution in [3.8, 4) is 0 Å². The molecule has 24 heavy (non-hydrogen) atoms. The van der Waals surface area contributed by atoms with Crippen LogP contribution >= 0.6 is 0 Å². The van der Waals surface area contributed by atoms with E-state index in [0.29, 0.717) is 6.42 Å². The summed E-state index contributed by atoms with van der Waals surface area (Å²) in [4.78, 5) is 28.3. The third kappa shape index (κ3) is 4.60. The van der Waals surface area contributed by atoms with Crippen LogP contribution in [0.3, 0.4) is 0 Å². The first-order valence-corrected chi connectivity index (χ1v) is 7.63. The number of hydrazone groups is 1. The zero-order chi connectivity index (χ0) is 17.7. The van der Waals surface area contributed by atoms with Gasteiger partial charge in [-0.1, -0.05) is 24.3 Å². The van der Waals surface area contributed by atoms with E-state index in [1.54, 1.807) is 11.3 Å². The Morgan fingerprint density at radius 2 is 2.12 bits per heavy atom. The van der Waals surface area contributed by atoms with Crippen LogP contribution in [0.5, 0.6) is 0 Å².